The molecule has 5 heteroatoms. The van der Waals surface area contributed by atoms with Crippen molar-refractivity contribution < 1.29 is 14.3 Å². The SMILES string of the molecule is COc1ccc(-c2ccc3c(C=O)nn(C)c3c2)c(OC)c1. The predicted octanol–water partition coefficient (Wildman–Crippen LogP) is 3.07. The predicted molar refractivity (Wildman–Crippen MR) is 84.6 cm³/mol. The van der Waals surface area contributed by atoms with E-state index in [4.69, 9.17) is 9.47 Å². The monoisotopic (exact) mass is 296 g/mol. The molecule has 0 unspecified atom stereocenters. The van der Waals surface area contributed by atoms with Crippen LogP contribution in [0.25, 0.3) is 22.0 Å². The summed E-state index contributed by atoms with van der Waals surface area (Å²) in [5, 5.41) is 5.05. The number of benzene rings is 2. The minimum Gasteiger partial charge on any atom is -0.497 e. The quantitative estimate of drug-likeness (QED) is 0.694. The number of aryl methyl sites for hydroxylation is 1. The zero-order valence-electron chi connectivity index (χ0n) is 12.7. The molecule has 0 atom stereocenters. The summed E-state index contributed by atoms with van der Waals surface area (Å²) in [6.45, 7) is 0. The molecule has 2 aromatic carbocycles. The summed E-state index contributed by atoms with van der Waals surface area (Å²) in [7, 11) is 5.08. The molecule has 1 heterocycles. The number of aromatic nitrogens is 2. The van der Waals surface area contributed by atoms with Gasteiger partial charge >= 0.3 is 0 Å². The molecule has 112 valence electrons. The van der Waals surface area contributed by atoms with Gasteiger partial charge in [-0.15, -0.1) is 0 Å². The second-order valence-electron chi connectivity index (χ2n) is 4.92. The summed E-state index contributed by atoms with van der Waals surface area (Å²) >= 11 is 0. The van der Waals surface area contributed by atoms with Crippen LogP contribution in [0.15, 0.2) is 36.4 Å². The molecule has 3 rings (SSSR count). The highest BCUT2D eigenvalue weighted by molar-refractivity contribution is 5.97. The Balaban J connectivity index is 2.18. The summed E-state index contributed by atoms with van der Waals surface area (Å²) in [6, 6.07) is 11.6. The van der Waals surface area contributed by atoms with Crippen molar-refractivity contribution in [3.63, 3.8) is 0 Å². The van der Waals surface area contributed by atoms with Gasteiger partial charge in [0.05, 0.1) is 19.7 Å². The fraction of sp³-hybridized carbons (Fsp3) is 0.176. The summed E-state index contributed by atoms with van der Waals surface area (Å²) in [5.74, 6) is 1.47. The molecule has 1 aromatic heterocycles. The van der Waals surface area contributed by atoms with E-state index in [1.807, 2.05) is 43.4 Å². The van der Waals surface area contributed by atoms with Crippen LogP contribution in [0.2, 0.25) is 0 Å². The van der Waals surface area contributed by atoms with Crippen LogP contribution in [-0.2, 0) is 7.05 Å². The minimum atomic E-state index is 0.450. The minimum absolute atomic E-state index is 0.450. The second kappa shape index (κ2) is 5.52. The number of aldehydes is 1. The van der Waals surface area contributed by atoms with Crippen LogP contribution in [0, 0.1) is 0 Å². The van der Waals surface area contributed by atoms with Gasteiger partial charge in [0.15, 0.2) is 6.29 Å². The Morgan fingerprint density at radius 2 is 1.91 bits per heavy atom. The van der Waals surface area contributed by atoms with Gasteiger partial charge in [0.25, 0.3) is 0 Å². The van der Waals surface area contributed by atoms with Crippen LogP contribution < -0.4 is 9.47 Å². The number of carbonyl (C=O) groups excluding carboxylic acids is 1. The molecule has 5 nitrogen and oxygen atoms in total. The lowest BCUT2D eigenvalue weighted by Gasteiger charge is -2.11. The van der Waals surface area contributed by atoms with Gasteiger partial charge in [-0.25, -0.2) is 0 Å². The molecule has 22 heavy (non-hydrogen) atoms. The van der Waals surface area contributed by atoms with Gasteiger partial charge in [-0.1, -0.05) is 6.07 Å². The van der Waals surface area contributed by atoms with Gasteiger partial charge in [0.1, 0.15) is 17.2 Å². The van der Waals surface area contributed by atoms with E-state index < -0.39 is 0 Å². The third-order valence-electron chi connectivity index (χ3n) is 3.71. The molecule has 0 radical (unpaired) electrons. The van der Waals surface area contributed by atoms with E-state index in [2.05, 4.69) is 5.10 Å². The average molecular weight is 296 g/mol. The molecule has 0 aliphatic carbocycles. The fourth-order valence-corrected chi connectivity index (χ4v) is 2.58. The lowest BCUT2D eigenvalue weighted by atomic mass is 10.0. The highest BCUT2D eigenvalue weighted by atomic mass is 16.5. The average Bonchev–Trinajstić information content (AvgIpc) is 2.89. The lowest BCUT2D eigenvalue weighted by molar-refractivity contribution is 0.111. The Bertz CT molecular complexity index is 852. The molecule has 0 spiro atoms. The van der Waals surface area contributed by atoms with Crippen LogP contribution in [0.3, 0.4) is 0 Å². The van der Waals surface area contributed by atoms with Crippen molar-refractivity contribution in [1.82, 2.24) is 9.78 Å². The maximum Gasteiger partial charge on any atom is 0.170 e. The molecule has 0 bridgehead atoms. The van der Waals surface area contributed by atoms with Crippen molar-refractivity contribution in [2.24, 2.45) is 7.05 Å². The summed E-state index contributed by atoms with van der Waals surface area (Å²) in [4.78, 5) is 11.0. The van der Waals surface area contributed by atoms with E-state index in [1.54, 1.807) is 18.9 Å². The van der Waals surface area contributed by atoms with Crippen molar-refractivity contribution in [3.05, 3.63) is 42.1 Å². The Morgan fingerprint density at radius 3 is 2.59 bits per heavy atom. The fourth-order valence-electron chi connectivity index (χ4n) is 2.58. The van der Waals surface area contributed by atoms with E-state index in [1.165, 1.54) is 0 Å². The first kappa shape index (κ1) is 14.1. The third-order valence-corrected chi connectivity index (χ3v) is 3.71. The van der Waals surface area contributed by atoms with Crippen LogP contribution in [0.1, 0.15) is 10.5 Å². The van der Waals surface area contributed by atoms with Gasteiger partial charge < -0.3 is 9.47 Å². The Kier molecular flexibility index (Phi) is 3.55. The van der Waals surface area contributed by atoms with Crippen molar-refractivity contribution >= 4 is 17.2 Å². The van der Waals surface area contributed by atoms with Crippen LogP contribution >= 0.6 is 0 Å². The van der Waals surface area contributed by atoms with E-state index in [-0.39, 0.29) is 0 Å². The Hall–Kier alpha value is -2.82. The summed E-state index contributed by atoms with van der Waals surface area (Å²) < 4.78 is 12.4. The van der Waals surface area contributed by atoms with Crippen LogP contribution in [0.5, 0.6) is 11.5 Å². The zero-order valence-corrected chi connectivity index (χ0v) is 12.7. The number of nitrogens with zero attached hydrogens (tertiary/aromatic N) is 2. The van der Waals surface area contributed by atoms with Gasteiger partial charge in [-0.05, 0) is 29.8 Å². The number of methoxy groups -OCH3 is 2. The van der Waals surface area contributed by atoms with E-state index in [0.717, 1.165) is 39.8 Å². The Morgan fingerprint density at radius 1 is 1.09 bits per heavy atom. The smallest absolute Gasteiger partial charge is 0.170 e. The van der Waals surface area contributed by atoms with E-state index >= 15 is 0 Å². The maximum absolute atomic E-state index is 11.0. The first-order valence-electron chi connectivity index (χ1n) is 6.82. The molecule has 0 fully saturated rings. The molecular formula is C17H16N2O3. The molecule has 3 aromatic rings. The van der Waals surface area contributed by atoms with Crippen LogP contribution in [0.4, 0.5) is 0 Å². The number of fused-ring (bicyclic) bond motifs is 1. The van der Waals surface area contributed by atoms with E-state index in [0.29, 0.717) is 5.69 Å². The highest BCUT2D eigenvalue weighted by Crippen LogP contribution is 2.34. The van der Waals surface area contributed by atoms with Gasteiger partial charge in [-0.3, -0.25) is 9.48 Å². The second-order valence-corrected chi connectivity index (χ2v) is 4.92. The molecular weight excluding hydrogens is 280 g/mol. The summed E-state index contributed by atoms with van der Waals surface area (Å²) in [6.07, 6.45) is 0.774. The third kappa shape index (κ3) is 2.20. The summed E-state index contributed by atoms with van der Waals surface area (Å²) in [5.41, 5.74) is 3.30. The van der Waals surface area contributed by atoms with Crippen molar-refractivity contribution in [3.8, 4) is 22.6 Å². The number of rotatable bonds is 4. The number of hydrogen-bond acceptors (Lipinski definition) is 4. The first-order chi connectivity index (χ1) is 10.7. The van der Waals surface area contributed by atoms with Crippen LogP contribution in [-0.4, -0.2) is 30.3 Å². The number of hydrogen-bond donors (Lipinski definition) is 0. The first-order valence-corrected chi connectivity index (χ1v) is 6.82. The van der Waals surface area contributed by atoms with Crippen molar-refractivity contribution in [1.29, 1.82) is 0 Å². The normalized spacial score (nSPS) is 10.7. The Labute approximate surface area is 128 Å². The largest absolute Gasteiger partial charge is 0.497 e. The van der Waals surface area contributed by atoms with Gasteiger partial charge in [0.2, 0.25) is 0 Å². The standard InChI is InChI=1S/C17H16N2O3/c1-19-16-8-11(4-6-14(16)15(10-20)18-19)13-7-5-12(21-2)9-17(13)22-3/h4-10H,1-3H3. The molecule has 0 aliphatic rings. The number of ether oxygens (including phenoxy) is 2. The maximum atomic E-state index is 11.0. The zero-order chi connectivity index (χ0) is 15.7. The molecule has 0 saturated carbocycles. The van der Waals surface area contributed by atoms with Gasteiger partial charge in [-0.2, -0.15) is 5.10 Å². The van der Waals surface area contributed by atoms with Crippen molar-refractivity contribution in [2.75, 3.05) is 14.2 Å². The van der Waals surface area contributed by atoms with Gasteiger partial charge in [0, 0.05) is 24.1 Å². The molecule has 0 N–H and O–H groups in total. The number of carbonyl (C=O) groups is 1. The molecule has 0 aliphatic heterocycles. The van der Waals surface area contributed by atoms with Crippen molar-refractivity contribution in [2.45, 2.75) is 0 Å². The topological polar surface area (TPSA) is 53.3 Å². The highest BCUT2D eigenvalue weighted by Gasteiger charge is 2.12. The van der Waals surface area contributed by atoms with E-state index in [9.17, 15) is 4.79 Å². The molecule has 0 amide bonds. The lowest BCUT2D eigenvalue weighted by Crippen LogP contribution is -1.92. The molecule has 0 saturated heterocycles.